The number of halogens is 1. The number of anilines is 1. The molecule has 1 unspecified atom stereocenters. The number of nitrogens with two attached hydrogens (primary N) is 1. The van der Waals surface area contributed by atoms with Crippen LogP contribution < -0.4 is 10.5 Å². The van der Waals surface area contributed by atoms with Gasteiger partial charge in [0.05, 0.1) is 0 Å². The Hall–Kier alpha value is -1.18. The molecular formula is C14H20FN3O2S. The Morgan fingerprint density at radius 3 is 2.57 bits per heavy atom. The lowest BCUT2D eigenvalue weighted by Crippen LogP contribution is -2.57. The van der Waals surface area contributed by atoms with Gasteiger partial charge >= 0.3 is 0 Å². The van der Waals surface area contributed by atoms with Crippen molar-refractivity contribution in [3.8, 4) is 0 Å². The van der Waals surface area contributed by atoms with Crippen molar-refractivity contribution in [1.29, 1.82) is 0 Å². The number of aryl methyl sites for hydroxylation is 1. The number of hydrogen-bond acceptors (Lipinski definition) is 4. The molecule has 3 aliphatic rings. The number of nitrogens with one attached hydrogen (secondary N) is 1. The van der Waals surface area contributed by atoms with Crippen LogP contribution in [0.25, 0.3) is 0 Å². The fourth-order valence-corrected chi connectivity index (χ4v) is 4.63. The number of benzene rings is 1. The van der Waals surface area contributed by atoms with Gasteiger partial charge in [0.2, 0.25) is 10.0 Å². The Morgan fingerprint density at radius 2 is 2.00 bits per heavy atom. The molecule has 4 rings (SSSR count). The second-order valence-electron chi connectivity index (χ2n) is 6.01. The predicted molar refractivity (Wildman–Crippen MR) is 78.8 cm³/mol. The number of fused-ring (bicyclic) bond motifs is 3. The average Bonchev–Trinajstić information content (AvgIpc) is 2.43. The molecule has 0 saturated carbocycles. The van der Waals surface area contributed by atoms with Crippen LogP contribution in [0, 0.1) is 18.7 Å². The fraction of sp³-hybridized carbons (Fsp3) is 0.571. The maximum atomic E-state index is 14.0. The van der Waals surface area contributed by atoms with E-state index >= 15 is 0 Å². The van der Waals surface area contributed by atoms with Crippen molar-refractivity contribution in [2.45, 2.75) is 30.7 Å². The molecule has 0 spiro atoms. The number of nitrogen functional groups attached to an aromatic ring is 1. The highest BCUT2D eigenvalue weighted by molar-refractivity contribution is 7.89. The van der Waals surface area contributed by atoms with Gasteiger partial charge < -0.3 is 10.6 Å². The summed E-state index contributed by atoms with van der Waals surface area (Å²) in [6.07, 6.45) is 1.98. The third-order valence-corrected chi connectivity index (χ3v) is 6.08. The molecule has 1 aromatic rings. The van der Waals surface area contributed by atoms with E-state index in [4.69, 9.17) is 5.73 Å². The Kier molecular flexibility index (Phi) is 3.67. The molecule has 0 amide bonds. The highest BCUT2D eigenvalue weighted by Crippen LogP contribution is 2.29. The summed E-state index contributed by atoms with van der Waals surface area (Å²) in [7, 11) is -3.88. The fourth-order valence-electron chi connectivity index (χ4n) is 3.24. The molecule has 7 heteroatoms. The van der Waals surface area contributed by atoms with Gasteiger partial charge in [0.15, 0.2) is 0 Å². The van der Waals surface area contributed by atoms with Gasteiger partial charge in [0, 0.05) is 18.3 Å². The van der Waals surface area contributed by atoms with E-state index < -0.39 is 15.8 Å². The zero-order valence-corrected chi connectivity index (χ0v) is 12.8. The van der Waals surface area contributed by atoms with Gasteiger partial charge in [0.25, 0.3) is 0 Å². The van der Waals surface area contributed by atoms with Crippen LogP contribution in [0.15, 0.2) is 17.0 Å². The Labute approximate surface area is 124 Å². The summed E-state index contributed by atoms with van der Waals surface area (Å²) in [6.45, 7) is 4.39. The molecule has 116 valence electrons. The first-order chi connectivity index (χ1) is 9.87. The van der Waals surface area contributed by atoms with E-state index in [0.29, 0.717) is 18.0 Å². The van der Waals surface area contributed by atoms with Gasteiger partial charge in [-0.2, -0.15) is 0 Å². The zero-order chi connectivity index (χ0) is 15.2. The van der Waals surface area contributed by atoms with Crippen molar-refractivity contribution in [2.24, 2.45) is 5.92 Å². The van der Waals surface area contributed by atoms with Crippen molar-refractivity contribution in [2.75, 3.05) is 25.4 Å². The highest BCUT2D eigenvalue weighted by Gasteiger charge is 2.37. The van der Waals surface area contributed by atoms with Crippen molar-refractivity contribution >= 4 is 15.7 Å². The molecule has 21 heavy (non-hydrogen) atoms. The number of piperidine rings is 3. The van der Waals surface area contributed by atoms with Crippen molar-refractivity contribution in [1.82, 2.24) is 9.62 Å². The minimum absolute atomic E-state index is 0.139. The first kappa shape index (κ1) is 14.7. The van der Waals surface area contributed by atoms with Gasteiger partial charge in [-0.25, -0.2) is 17.5 Å². The van der Waals surface area contributed by atoms with Gasteiger partial charge in [-0.3, -0.25) is 0 Å². The van der Waals surface area contributed by atoms with E-state index in [1.54, 1.807) is 6.92 Å². The van der Waals surface area contributed by atoms with E-state index in [1.807, 2.05) is 0 Å². The summed E-state index contributed by atoms with van der Waals surface area (Å²) in [5.74, 6) is -0.411. The topological polar surface area (TPSA) is 75.4 Å². The molecule has 1 atom stereocenters. The van der Waals surface area contributed by atoms with Crippen LogP contribution in [-0.4, -0.2) is 39.0 Å². The average molecular weight is 313 g/mol. The van der Waals surface area contributed by atoms with E-state index in [1.165, 1.54) is 12.1 Å². The second kappa shape index (κ2) is 5.23. The molecule has 3 saturated heterocycles. The molecule has 3 aliphatic heterocycles. The predicted octanol–water partition coefficient (Wildman–Crippen LogP) is 1.09. The molecule has 3 N–H and O–H groups in total. The summed E-state index contributed by atoms with van der Waals surface area (Å²) >= 11 is 0. The summed E-state index contributed by atoms with van der Waals surface area (Å²) in [6, 6.07) is 2.23. The minimum Gasteiger partial charge on any atom is -0.398 e. The van der Waals surface area contributed by atoms with Crippen LogP contribution in [0.2, 0.25) is 0 Å². The maximum Gasteiger partial charge on any atom is 0.243 e. The van der Waals surface area contributed by atoms with Gasteiger partial charge in [-0.15, -0.1) is 0 Å². The van der Waals surface area contributed by atoms with Crippen molar-refractivity contribution in [3.63, 3.8) is 0 Å². The standard InChI is InChI=1S/C14H20FN3O2S/c1-9-6-11(15)14(7-12(9)16)21(19,20)17-13-8-18-4-2-10(13)3-5-18/h6-7,10,13,17H,2-5,8,16H2,1H3. The van der Waals surface area contributed by atoms with Crippen LogP contribution in [-0.2, 0) is 10.0 Å². The molecule has 0 aromatic heterocycles. The van der Waals surface area contributed by atoms with E-state index in [-0.39, 0.29) is 16.6 Å². The second-order valence-corrected chi connectivity index (χ2v) is 7.69. The SMILES string of the molecule is Cc1cc(F)c(S(=O)(=O)NC2CN3CCC2CC3)cc1N. The number of sulfonamides is 1. The van der Waals surface area contributed by atoms with E-state index in [2.05, 4.69) is 9.62 Å². The van der Waals surface area contributed by atoms with Crippen LogP contribution in [0.4, 0.5) is 10.1 Å². The van der Waals surface area contributed by atoms with Crippen LogP contribution in [0.3, 0.4) is 0 Å². The summed E-state index contributed by atoms with van der Waals surface area (Å²) in [5, 5.41) is 0. The maximum absolute atomic E-state index is 14.0. The largest absolute Gasteiger partial charge is 0.398 e. The smallest absolute Gasteiger partial charge is 0.243 e. The first-order valence-corrected chi connectivity index (χ1v) is 8.65. The summed E-state index contributed by atoms with van der Waals surface area (Å²) in [4.78, 5) is 1.88. The van der Waals surface area contributed by atoms with Crippen LogP contribution in [0.5, 0.6) is 0 Å². The number of hydrogen-bond donors (Lipinski definition) is 2. The molecule has 3 heterocycles. The Bertz CT molecular complexity index is 654. The van der Waals surface area contributed by atoms with Crippen LogP contribution >= 0.6 is 0 Å². The lowest BCUT2D eigenvalue weighted by atomic mass is 9.85. The number of rotatable bonds is 3. The normalized spacial score (nSPS) is 28.8. The third kappa shape index (κ3) is 2.77. The van der Waals surface area contributed by atoms with Crippen molar-refractivity contribution < 1.29 is 12.8 Å². The quantitative estimate of drug-likeness (QED) is 0.819. The molecule has 0 aliphatic carbocycles. The third-order valence-electron chi connectivity index (χ3n) is 4.57. The first-order valence-electron chi connectivity index (χ1n) is 7.17. The summed E-state index contributed by atoms with van der Waals surface area (Å²) < 4.78 is 41.5. The molecule has 0 radical (unpaired) electrons. The van der Waals surface area contributed by atoms with E-state index in [9.17, 15) is 12.8 Å². The van der Waals surface area contributed by atoms with Crippen molar-refractivity contribution in [3.05, 3.63) is 23.5 Å². The molecule has 1 aromatic carbocycles. The Balaban J connectivity index is 1.86. The molecular weight excluding hydrogens is 293 g/mol. The minimum atomic E-state index is -3.88. The molecule has 3 fully saturated rings. The lowest BCUT2D eigenvalue weighted by Gasteiger charge is -2.44. The monoisotopic (exact) mass is 313 g/mol. The number of nitrogens with zero attached hydrogens (tertiary/aromatic N) is 1. The molecule has 2 bridgehead atoms. The van der Waals surface area contributed by atoms with Gasteiger partial charge in [-0.05, 0) is 56.5 Å². The molecule has 5 nitrogen and oxygen atoms in total. The Morgan fingerprint density at radius 1 is 1.33 bits per heavy atom. The zero-order valence-electron chi connectivity index (χ0n) is 12.0. The highest BCUT2D eigenvalue weighted by atomic mass is 32.2. The van der Waals surface area contributed by atoms with Gasteiger partial charge in [0.1, 0.15) is 10.7 Å². The lowest BCUT2D eigenvalue weighted by molar-refractivity contribution is 0.0827. The summed E-state index contributed by atoms with van der Waals surface area (Å²) in [5.41, 5.74) is 6.53. The van der Waals surface area contributed by atoms with Crippen LogP contribution in [0.1, 0.15) is 18.4 Å². The van der Waals surface area contributed by atoms with Gasteiger partial charge in [-0.1, -0.05) is 0 Å². The van der Waals surface area contributed by atoms with E-state index in [0.717, 1.165) is 25.9 Å².